The van der Waals surface area contributed by atoms with Crippen molar-refractivity contribution in [2.24, 2.45) is 5.92 Å². The second-order valence-corrected chi connectivity index (χ2v) is 6.03. The number of likely N-dealkylation sites (tertiary alicyclic amines) is 1. The maximum Gasteiger partial charge on any atom is 0.393 e. The Morgan fingerprint density at radius 3 is 2.65 bits per heavy atom. The van der Waals surface area contributed by atoms with Crippen molar-refractivity contribution in [2.45, 2.75) is 32.6 Å². The fourth-order valence-electron chi connectivity index (χ4n) is 3.14. The first-order valence-electron chi connectivity index (χ1n) is 7.62. The van der Waals surface area contributed by atoms with Gasteiger partial charge in [0.15, 0.2) is 0 Å². The first kappa shape index (κ1) is 16.0. The van der Waals surface area contributed by atoms with Crippen molar-refractivity contribution in [2.75, 3.05) is 13.1 Å². The number of piperidine rings is 1. The zero-order chi connectivity index (χ0) is 16.6. The van der Waals surface area contributed by atoms with E-state index in [4.69, 9.17) is 0 Å². The number of rotatable bonds is 2. The molecule has 0 unspecified atom stereocenters. The summed E-state index contributed by atoms with van der Waals surface area (Å²) in [7, 11) is 0. The lowest BCUT2D eigenvalue weighted by molar-refractivity contribution is -0.188. The number of fused-ring (bicyclic) bond motifs is 1. The summed E-state index contributed by atoms with van der Waals surface area (Å²) in [4.78, 5) is 14.1. The van der Waals surface area contributed by atoms with Gasteiger partial charge in [0.1, 0.15) is 0 Å². The Hall–Kier alpha value is -1.89. The molecule has 23 heavy (non-hydrogen) atoms. The predicted octanol–water partition coefficient (Wildman–Crippen LogP) is 2.94. The predicted molar refractivity (Wildman–Crippen MR) is 81.1 cm³/mol. The van der Waals surface area contributed by atoms with Crippen LogP contribution in [0.5, 0.6) is 0 Å². The Labute approximate surface area is 131 Å². The minimum atomic E-state index is -4.18. The van der Waals surface area contributed by atoms with Crippen LogP contribution in [0.1, 0.15) is 18.5 Å². The van der Waals surface area contributed by atoms with E-state index in [1.165, 1.54) is 4.68 Å². The van der Waals surface area contributed by atoms with Crippen LogP contribution in [0.2, 0.25) is 0 Å². The van der Waals surface area contributed by atoms with Crippen LogP contribution in [-0.2, 0) is 6.67 Å². The summed E-state index contributed by atoms with van der Waals surface area (Å²) in [6.45, 7) is 2.36. The minimum Gasteiger partial charge on any atom is -0.284 e. The van der Waals surface area contributed by atoms with E-state index in [1.807, 2.05) is 12.1 Å². The van der Waals surface area contributed by atoms with Gasteiger partial charge in [-0.1, -0.05) is 18.2 Å². The monoisotopic (exact) mass is 325 g/mol. The van der Waals surface area contributed by atoms with Gasteiger partial charge in [-0.3, -0.25) is 9.69 Å². The van der Waals surface area contributed by atoms with Crippen LogP contribution in [0.15, 0.2) is 29.1 Å². The van der Waals surface area contributed by atoms with E-state index < -0.39 is 12.1 Å². The molecule has 124 valence electrons. The van der Waals surface area contributed by atoms with Crippen molar-refractivity contribution in [1.29, 1.82) is 0 Å². The Morgan fingerprint density at radius 1 is 1.26 bits per heavy atom. The number of aromatic nitrogens is 2. The highest BCUT2D eigenvalue weighted by Gasteiger charge is 2.41. The van der Waals surface area contributed by atoms with Gasteiger partial charge < -0.3 is 0 Å². The number of halogens is 3. The van der Waals surface area contributed by atoms with Crippen LogP contribution in [0.4, 0.5) is 13.2 Å². The van der Waals surface area contributed by atoms with Crippen LogP contribution in [0.3, 0.4) is 0 Å². The quantitative estimate of drug-likeness (QED) is 0.852. The molecule has 3 rings (SSSR count). The molecule has 0 amide bonds. The maximum atomic E-state index is 12.9. The van der Waals surface area contributed by atoms with Gasteiger partial charge >= 0.3 is 6.18 Å². The third kappa shape index (κ3) is 3.24. The molecule has 0 bridgehead atoms. The minimum absolute atomic E-state index is 0.0799. The number of hydrogen-bond donors (Lipinski definition) is 0. The maximum absolute atomic E-state index is 12.9. The number of benzene rings is 1. The van der Waals surface area contributed by atoms with Crippen LogP contribution in [0.25, 0.3) is 10.8 Å². The Kier molecular flexibility index (Phi) is 4.14. The largest absolute Gasteiger partial charge is 0.393 e. The number of alkyl halides is 3. The molecule has 1 aromatic carbocycles. The van der Waals surface area contributed by atoms with Crippen LogP contribution >= 0.6 is 0 Å². The van der Waals surface area contributed by atoms with E-state index >= 15 is 0 Å². The number of aryl methyl sites for hydroxylation is 1. The second kappa shape index (κ2) is 5.96. The molecule has 1 fully saturated rings. The third-order valence-corrected chi connectivity index (χ3v) is 4.35. The van der Waals surface area contributed by atoms with Crippen molar-refractivity contribution in [3.63, 3.8) is 0 Å². The lowest BCUT2D eigenvalue weighted by Gasteiger charge is -2.33. The molecule has 2 heterocycles. The van der Waals surface area contributed by atoms with Crippen LogP contribution < -0.4 is 5.56 Å². The highest BCUT2D eigenvalue weighted by Crippen LogP contribution is 2.33. The first-order valence-corrected chi connectivity index (χ1v) is 7.62. The fourth-order valence-corrected chi connectivity index (χ4v) is 3.14. The molecule has 1 aliphatic heterocycles. The molecule has 0 N–H and O–H groups in total. The summed E-state index contributed by atoms with van der Waals surface area (Å²) in [6, 6.07) is 7.15. The van der Waals surface area contributed by atoms with Crippen molar-refractivity contribution < 1.29 is 13.2 Å². The lowest BCUT2D eigenvalue weighted by Crippen LogP contribution is -2.44. The molecule has 0 saturated carbocycles. The molecule has 1 atom stereocenters. The Bertz CT molecular complexity index is 769. The average Bonchev–Trinajstić information content (AvgIpc) is 2.52. The molecular formula is C16H18F3N3O. The first-order chi connectivity index (χ1) is 10.9. The summed E-state index contributed by atoms with van der Waals surface area (Å²) in [5, 5.41) is 5.59. The molecule has 1 saturated heterocycles. The van der Waals surface area contributed by atoms with Gasteiger partial charge in [-0.25, -0.2) is 4.68 Å². The Balaban J connectivity index is 1.87. The molecule has 0 spiro atoms. The second-order valence-electron chi connectivity index (χ2n) is 6.03. The molecule has 7 heteroatoms. The lowest BCUT2D eigenvalue weighted by atomic mass is 9.98. The SMILES string of the molecule is Cc1nn(CN2CCC[C@@H](C(F)(F)F)C2)c(=O)c2ccccc12. The highest BCUT2D eigenvalue weighted by molar-refractivity contribution is 5.83. The van der Waals surface area contributed by atoms with Gasteiger partial charge in [-0.05, 0) is 32.4 Å². The van der Waals surface area contributed by atoms with Gasteiger partial charge in [0, 0.05) is 11.9 Å². The molecule has 1 aromatic heterocycles. The molecule has 0 aliphatic carbocycles. The molecule has 1 aliphatic rings. The summed E-state index contributed by atoms with van der Waals surface area (Å²) in [6.07, 6.45) is -3.55. The molecular weight excluding hydrogens is 307 g/mol. The molecule has 0 radical (unpaired) electrons. The van der Waals surface area contributed by atoms with Gasteiger partial charge in [0.25, 0.3) is 5.56 Å². The standard InChI is InChI=1S/C16H18F3N3O/c1-11-13-6-2-3-7-14(13)15(23)22(20-11)10-21-8-4-5-12(9-21)16(17,18)19/h2-3,6-7,12H,4-5,8-10H2,1H3/t12-/m1/s1. The highest BCUT2D eigenvalue weighted by atomic mass is 19.4. The molecule has 2 aromatic rings. The van der Waals surface area contributed by atoms with Crippen LogP contribution in [-0.4, -0.2) is 33.9 Å². The van der Waals surface area contributed by atoms with E-state index in [9.17, 15) is 18.0 Å². The fraction of sp³-hybridized carbons (Fsp3) is 0.500. The number of nitrogens with zero attached hydrogens (tertiary/aromatic N) is 3. The summed E-state index contributed by atoms with van der Waals surface area (Å²) in [5.74, 6) is -1.33. The Morgan fingerprint density at radius 2 is 1.96 bits per heavy atom. The van der Waals surface area contributed by atoms with E-state index in [-0.39, 0.29) is 25.2 Å². The zero-order valence-corrected chi connectivity index (χ0v) is 12.8. The zero-order valence-electron chi connectivity index (χ0n) is 12.8. The molecule has 4 nitrogen and oxygen atoms in total. The number of hydrogen-bond acceptors (Lipinski definition) is 3. The smallest absolute Gasteiger partial charge is 0.284 e. The van der Waals surface area contributed by atoms with E-state index in [0.717, 1.165) is 5.39 Å². The third-order valence-electron chi connectivity index (χ3n) is 4.35. The van der Waals surface area contributed by atoms with Crippen molar-refractivity contribution >= 4 is 10.8 Å². The normalized spacial score (nSPS) is 20.1. The van der Waals surface area contributed by atoms with Gasteiger partial charge in [-0.2, -0.15) is 18.3 Å². The van der Waals surface area contributed by atoms with E-state index in [1.54, 1.807) is 24.0 Å². The van der Waals surface area contributed by atoms with Gasteiger partial charge in [0.05, 0.1) is 23.7 Å². The summed E-state index contributed by atoms with van der Waals surface area (Å²) < 4.78 is 40.0. The van der Waals surface area contributed by atoms with Crippen LogP contribution in [0, 0.1) is 12.8 Å². The average molecular weight is 325 g/mol. The van der Waals surface area contributed by atoms with E-state index in [2.05, 4.69) is 5.10 Å². The van der Waals surface area contributed by atoms with Crippen molar-refractivity contribution in [3.05, 3.63) is 40.3 Å². The van der Waals surface area contributed by atoms with E-state index in [0.29, 0.717) is 24.0 Å². The van der Waals surface area contributed by atoms with Gasteiger partial charge in [-0.15, -0.1) is 0 Å². The summed E-state index contributed by atoms with van der Waals surface area (Å²) >= 11 is 0. The summed E-state index contributed by atoms with van der Waals surface area (Å²) in [5.41, 5.74) is 0.435. The van der Waals surface area contributed by atoms with Crippen molar-refractivity contribution in [3.8, 4) is 0 Å². The van der Waals surface area contributed by atoms with Gasteiger partial charge in [0.2, 0.25) is 0 Å². The van der Waals surface area contributed by atoms with Crippen molar-refractivity contribution in [1.82, 2.24) is 14.7 Å². The topological polar surface area (TPSA) is 38.1 Å².